The van der Waals surface area contributed by atoms with Crippen LogP contribution < -0.4 is 11.1 Å². The molecule has 3 N–H and O–H groups in total. The lowest BCUT2D eigenvalue weighted by atomic mass is 9.85. The van der Waals surface area contributed by atoms with Crippen molar-refractivity contribution < 1.29 is 9.53 Å². The van der Waals surface area contributed by atoms with E-state index in [9.17, 15) is 4.79 Å². The maximum absolute atomic E-state index is 11.5. The Labute approximate surface area is 113 Å². The van der Waals surface area contributed by atoms with Gasteiger partial charge in [0.15, 0.2) is 5.11 Å². The van der Waals surface area contributed by atoms with Gasteiger partial charge in [-0.15, -0.1) is 0 Å². The van der Waals surface area contributed by atoms with E-state index < -0.39 is 0 Å². The summed E-state index contributed by atoms with van der Waals surface area (Å²) in [5.41, 5.74) is 7.64. The molecule has 1 aromatic rings. The van der Waals surface area contributed by atoms with Crippen LogP contribution in [0.1, 0.15) is 36.7 Å². The van der Waals surface area contributed by atoms with E-state index in [-0.39, 0.29) is 16.5 Å². The molecular weight excluding hydrogens is 248 g/mol. The second kappa shape index (κ2) is 5.35. The Morgan fingerprint density at radius 3 is 2.44 bits per heavy atom. The summed E-state index contributed by atoms with van der Waals surface area (Å²) in [6, 6.07) is 5.32. The third kappa shape index (κ3) is 3.43. The molecule has 0 aliphatic rings. The average molecular weight is 266 g/mol. The van der Waals surface area contributed by atoms with Gasteiger partial charge in [0, 0.05) is 5.69 Å². The standard InChI is InChI=1S/C13H18N2O2S/c1-13(2,3)9-6-5-8(11(16)17-4)7-10(9)15-12(14)18/h5-7H,1-4H3,(H3,14,15,18). The van der Waals surface area contributed by atoms with E-state index in [0.717, 1.165) is 11.3 Å². The number of carbonyl (C=O) groups excluding carboxylic acids is 1. The summed E-state index contributed by atoms with van der Waals surface area (Å²) >= 11 is 4.85. The second-order valence-corrected chi connectivity index (χ2v) is 5.43. The van der Waals surface area contributed by atoms with Gasteiger partial charge >= 0.3 is 5.97 Å². The minimum absolute atomic E-state index is 0.0816. The molecule has 0 saturated carbocycles. The van der Waals surface area contributed by atoms with Crippen LogP contribution in [0.15, 0.2) is 18.2 Å². The molecule has 1 rings (SSSR count). The molecule has 0 saturated heterocycles. The number of rotatable bonds is 2. The van der Waals surface area contributed by atoms with Crippen molar-refractivity contribution in [2.45, 2.75) is 26.2 Å². The molecule has 0 radical (unpaired) electrons. The first kappa shape index (κ1) is 14.4. The zero-order valence-corrected chi connectivity index (χ0v) is 11.9. The SMILES string of the molecule is COC(=O)c1ccc(C(C)(C)C)c(NC(N)=S)c1. The highest BCUT2D eigenvalue weighted by molar-refractivity contribution is 7.80. The molecule has 18 heavy (non-hydrogen) atoms. The van der Waals surface area contributed by atoms with Crippen molar-refractivity contribution in [3.05, 3.63) is 29.3 Å². The summed E-state index contributed by atoms with van der Waals surface area (Å²) < 4.78 is 4.69. The van der Waals surface area contributed by atoms with Gasteiger partial charge in [0.1, 0.15) is 0 Å². The Morgan fingerprint density at radius 2 is 2.00 bits per heavy atom. The zero-order valence-electron chi connectivity index (χ0n) is 11.0. The summed E-state index contributed by atoms with van der Waals surface area (Å²) in [6.45, 7) is 6.22. The van der Waals surface area contributed by atoms with Crippen molar-refractivity contribution in [2.24, 2.45) is 5.73 Å². The summed E-state index contributed by atoms with van der Waals surface area (Å²) in [5.74, 6) is -0.388. The van der Waals surface area contributed by atoms with Gasteiger partial charge in [-0.3, -0.25) is 0 Å². The molecule has 0 unspecified atom stereocenters. The van der Waals surface area contributed by atoms with Crippen molar-refractivity contribution in [3.63, 3.8) is 0 Å². The molecule has 98 valence electrons. The van der Waals surface area contributed by atoms with E-state index in [1.54, 1.807) is 12.1 Å². The molecule has 4 nitrogen and oxygen atoms in total. The molecule has 0 aliphatic heterocycles. The summed E-state index contributed by atoms with van der Waals surface area (Å²) in [5, 5.41) is 3.07. The number of methoxy groups -OCH3 is 1. The number of anilines is 1. The Bertz CT molecular complexity index is 478. The van der Waals surface area contributed by atoms with Crippen LogP contribution in [-0.4, -0.2) is 18.2 Å². The first-order chi connectivity index (χ1) is 8.25. The van der Waals surface area contributed by atoms with Crippen molar-refractivity contribution >= 4 is 29.0 Å². The van der Waals surface area contributed by atoms with E-state index in [0.29, 0.717) is 5.56 Å². The predicted molar refractivity (Wildman–Crippen MR) is 76.9 cm³/mol. The molecule has 0 atom stereocenters. The topological polar surface area (TPSA) is 64.3 Å². The van der Waals surface area contributed by atoms with E-state index in [1.807, 2.05) is 6.07 Å². The lowest BCUT2D eigenvalue weighted by Crippen LogP contribution is -2.23. The minimum atomic E-state index is -0.388. The average Bonchev–Trinajstić information content (AvgIpc) is 2.25. The van der Waals surface area contributed by atoms with Gasteiger partial charge in [-0.25, -0.2) is 4.79 Å². The Morgan fingerprint density at radius 1 is 1.39 bits per heavy atom. The third-order valence-corrected chi connectivity index (χ3v) is 2.61. The number of benzene rings is 1. The molecular formula is C13H18N2O2S. The van der Waals surface area contributed by atoms with Crippen molar-refractivity contribution in [3.8, 4) is 0 Å². The van der Waals surface area contributed by atoms with Crippen LogP contribution in [-0.2, 0) is 10.2 Å². The number of nitrogens with two attached hydrogens (primary N) is 1. The van der Waals surface area contributed by atoms with Gasteiger partial charge in [-0.05, 0) is 35.3 Å². The largest absolute Gasteiger partial charge is 0.465 e. The van der Waals surface area contributed by atoms with Crippen molar-refractivity contribution in [1.29, 1.82) is 0 Å². The fourth-order valence-corrected chi connectivity index (χ4v) is 1.79. The second-order valence-electron chi connectivity index (χ2n) is 4.99. The maximum atomic E-state index is 11.5. The summed E-state index contributed by atoms with van der Waals surface area (Å²) in [7, 11) is 1.35. The normalized spacial score (nSPS) is 10.9. The third-order valence-electron chi connectivity index (χ3n) is 2.51. The number of nitrogens with one attached hydrogen (secondary N) is 1. The summed E-state index contributed by atoms with van der Waals surface area (Å²) in [4.78, 5) is 11.5. The molecule has 0 aromatic heterocycles. The van der Waals surface area contributed by atoms with Crippen molar-refractivity contribution in [2.75, 3.05) is 12.4 Å². The first-order valence-corrected chi connectivity index (χ1v) is 5.96. The lowest BCUT2D eigenvalue weighted by molar-refractivity contribution is 0.0600. The van der Waals surface area contributed by atoms with Crippen LogP contribution in [0.2, 0.25) is 0 Å². The lowest BCUT2D eigenvalue weighted by Gasteiger charge is -2.23. The number of carbonyl (C=O) groups is 1. The van der Waals surface area contributed by atoms with E-state index in [1.165, 1.54) is 7.11 Å². The van der Waals surface area contributed by atoms with Crippen LogP contribution in [0.5, 0.6) is 0 Å². The Balaban J connectivity index is 3.29. The van der Waals surface area contributed by atoms with Gasteiger partial charge in [0.25, 0.3) is 0 Å². The Kier molecular flexibility index (Phi) is 4.29. The van der Waals surface area contributed by atoms with Gasteiger partial charge < -0.3 is 15.8 Å². The number of esters is 1. The molecule has 0 heterocycles. The van der Waals surface area contributed by atoms with Crippen LogP contribution >= 0.6 is 12.2 Å². The van der Waals surface area contributed by atoms with Crippen LogP contribution in [0.3, 0.4) is 0 Å². The van der Waals surface area contributed by atoms with Crippen LogP contribution in [0, 0.1) is 0 Å². The quantitative estimate of drug-likeness (QED) is 0.636. The van der Waals surface area contributed by atoms with Gasteiger partial charge in [0.2, 0.25) is 0 Å². The zero-order chi connectivity index (χ0) is 13.9. The monoisotopic (exact) mass is 266 g/mol. The first-order valence-electron chi connectivity index (χ1n) is 5.55. The van der Waals surface area contributed by atoms with Crippen LogP contribution in [0.25, 0.3) is 0 Å². The number of ether oxygens (including phenoxy) is 1. The molecule has 0 bridgehead atoms. The molecule has 0 fully saturated rings. The highest BCUT2D eigenvalue weighted by Crippen LogP contribution is 2.30. The highest BCUT2D eigenvalue weighted by Gasteiger charge is 2.20. The molecule has 0 aliphatic carbocycles. The summed E-state index contributed by atoms with van der Waals surface area (Å²) in [6.07, 6.45) is 0. The van der Waals surface area contributed by atoms with Gasteiger partial charge in [0.05, 0.1) is 12.7 Å². The van der Waals surface area contributed by atoms with Gasteiger partial charge in [-0.1, -0.05) is 26.8 Å². The Hall–Kier alpha value is -1.62. The van der Waals surface area contributed by atoms with Crippen LogP contribution in [0.4, 0.5) is 5.69 Å². The van der Waals surface area contributed by atoms with Crippen molar-refractivity contribution in [1.82, 2.24) is 0 Å². The maximum Gasteiger partial charge on any atom is 0.337 e. The molecule has 1 aromatic carbocycles. The fourth-order valence-electron chi connectivity index (χ4n) is 1.68. The molecule has 5 heteroatoms. The fraction of sp³-hybridized carbons (Fsp3) is 0.385. The van der Waals surface area contributed by atoms with E-state index >= 15 is 0 Å². The predicted octanol–water partition coefficient (Wildman–Crippen LogP) is 2.43. The number of thiocarbonyl (C=S) groups is 1. The molecule has 0 amide bonds. The molecule has 0 spiro atoms. The smallest absolute Gasteiger partial charge is 0.337 e. The minimum Gasteiger partial charge on any atom is -0.465 e. The number of hydrogen-bond donors (Lipinski definition) is 2. The van der Waals surface area contributed by atoms with E-state index in [2.05, 4.69) is 26.1 Å². The highest BCUT2D eigenvalue weighted by atomic mass is 32.1. The van der Waals surface area contributed by atoms with Gasteiger partial charge in [-0.2, -0.15) is 0 Å². The number of hydrogen-bond acceptors (Lipinski definition) is 3. The van der Waals surface area contributed by atoms with E-state index in [4.69, 9.17) is 22.7 Å².